The maximum Gasteiger partial charge on any atom is 0.228 e. The Morgan fingerprint density at radius 1 is 1.14 bits per heavy atom. The Labute approximate surface area is 131 Å². The maximum atomic E-state index is 12.2. The van der Waals surface area contributed by atoms with Gasteiger partial charge in [-0.15, -0.1) is 0 Å². The van der Waals surface area contributed by atoms with E-state index in [0.717, 1.165) is 11.1 Å². The number of carbonyl (C=O) groups excluding carboxylic acids is 1. The zero-order chi connectivity index (χ0) is 15.9. The smallest absolute Gasteiger partial charge is 0.228 e. The molecule has 0 aliphatic carbocycles. The summed E-state index contributed by atoms with van der Waals surface area (Å²) in [5.74, 6) is 1.22. The number of rotatable bonds is 6. The summed E-state index contributed by atoms with van der Waals surface area (Å²) in [6, 6.07) is 13.2. The van der Waals surface area contributed by atoms with Crippen molar-refractivity contribution in [2.75, 3.05) is 19.0 Å². The van der Waals surface area contributed by atoms with E-state index >= 15 is 0 Å². The van der Waals surface area contributed by atoms with Crippen LogP contribution in [0.25, 0.3) is 0 Å². The first-order chi connectivity index (χ1) is 10.6. The summed E-state index contributed by atoms with van der Waals surface area (Å²) in [4.78, 5) is 12.2. The van der Waals surface area contributed by atoms with Crippen LogP contribution >= 0.6 is 0 Å². The highest BCUT2D eigenvalue weighted by Crippen LogP contribution is 2.30. The van der Waals surface area contributed by atoms with Crippen LogP contribution in [0.15, 0.2) is 42.5 Å². The third kappa shape index (κ3) is 4.01. The lowest BCUT2D eigenvalue weighted by Gasteiger charge is -2.12. The Morgan fingerprint density at radius 3 is 2.59 bits per heavy atom. The van der Waals surface area contributed by atoms with E-state index in [4.69, 9.17) is 9.47 Å². The average Bonchev–Trinajstić information content (AvgIpc) is 2.51. The number of amides is 1. The molecule has 2 rings (SSSR count). The summed E-state index contributed by atoms with van der Waals surface area (Å²) in [5, 5.41) is 2.89. The van der Waals surface area contributed by atoms with Crippen molar-refractivity contribution in [3.05, 3.63) is 53.6 Å². The molecule has 0 saturated heterocycles. The van der Waals surface area contributed by atoms with Crippen LogP contribution < -0.4 is 14.8 Å². The normalized spacial score (nSPS) is 10.1. The van der Waals surface area contributed by atoms with Crippen molar-refractivity contribution in [3.8, 4) is 11.5 Å². The van der Waals surface area contributed by atoms with Crippen LogP contribution in [0.4, 0.5) is 5.69 Å². The molecule has 0 fully saturated rings. The first-order valence-electron chi connectivity index (χ1n) is 7.29. The van der Waals surface area contributed by atoms with E-state index < -0.39 is 0 Å². The second-order valence-electron chi connectivity index (χ2n) is 4.95. The first-order valence-corrected chi connectivity index (χ1v) is 7.29. The van der Waals surface area contributed by atoms with Gasteiger partial charge in [-0.2, -0.15) is 0 Å². The van der Waals surface area contributed by atoms with Gasteiger partial charge in [-0.25, -0.2) is 0 Å². The standard InChI is InChI=1S/C18H21NO3/c1-4-22-16-10-9-15(12-17(16)21-3)19-18(20)11-14-8-6-5-7-13(14)2/h5-10,12H,4,11H2,1-3H3,(H,19,20). The third-order valence-corrected chi connectivity index (χ3v) is 3.36. The Kier molecular flexibility index (Phi) is 5.42. The lowest BCUT2D eigenvalue weighted by atomic mass is 10.1. The van der Waals surface area contributed by atoms with Gasteiger partial charge in [0.1, 0.15) is 0 Å². The molecule has 4 heteroatoms. The summed E-state index contributed by atoms with van der Waals surface area (Å²) < 4.78 is 10.7. The Hall–Kier alpha value is -2.49. The lowest BCUT2D eigenvalue weighted by molar-refractivity contribution is -0.115. The number of hydrogen-bond donors (Lipinski definition) is 1. The van der Waals surface area contributed by atoms with Crippen LogP contribution in [0, 0.1) is 6.92 Å². The predicted octanol–water partition coefficient (Wildman–Crippen LogP) is 3.58. The zero-order valence-electron chi connectivity index (χ0n) is 13.2. The van der Waals surface area contributed by atoms with Crippen molar-refractivity contribution in [2.45, 2.75) is 20.3 Å². The molecule has 0 spiro atoms. The van der Waals surface area contributed by atoms with E-state index in [0.29, 0.717) is 30.2 Å². The average molecular weight is 299 g/mol. The van der Waals surface area contributed by atoms with Crippen molar-refractivity contribution in [1.82, 2.24) is 0 Å². The van der Waals surface area contributed by atoms with Crippen LogP contribution in [0.1, 0.15) is 18.1 Å². The molecule has 22 heavy (non-hydrogen) atoms. The lowest BCUT2D eigenvalue weighted by Crippen LogP contribution is -2.15. The van der Waals surface area contributed by atoms with Crippen LogP contribution in [-0.2, 0) is 11.2 Å². The van der Waals surface area contributed by atoms with E-state index in [1.54, 1.807) is 19.2 Å². The molecular formula is C18H21NO3. The second-order valence-corrected chi connectivity index (χ2v) is 4.95. The number of benzene rings is 2. The molecule has 0 aliphatic heterocycles. The highest BCUT2D eigenvalue weighted by Gasteiger charge is 2.09. The molecule has 0 atom stereocenters. The highest BCUT2D eigenvalue weighted by atomic mass is 16.5. The van der Waals surface area contributed by atoms with Crippen molar-refractivity contribution in [3.63, 3.8) is 0 Å². The van der Waals surface area contributed by atoms with Gasteiger partial charge in [0.05, 0.1) is 20.1 Å². The van der Waals surface area contributed by atoms with Gasteiger partial charge in [0.2, 0.25) is 5.91 Å². The summed E-state index contributed by atoms with van der Waals surface area (Å²) in [7, 11) is 1.58. The second kappa shape index (κ2) is 7.50. The van der Waals surface area contributed by atoms with E-state index in [9.17, 15) is 4.79 Å². The van der Waals surface area contributed by atoms with Gasteiger partial charge in [0.15, 0.2) is 11.5 Å². The Bertz CT molecular complexity index is 653. The number of hydrogen-bond acceptors (Lipinski definition) is 3. The van der Waals surface area contributed by atoms with Gasteiger partial charge in [0.25, 0.3) is 0 Å². The number of nitrogens with one attached hydrogen (secondary N) is 1. The quantitative estimate of drug-likeness (QED) is 0.887. The Balaban J connectivity index is 2.07. The van der Waals surface area contributed by atoms with E-state index in [1.807, 2.05) is 44.2 Å². The highest BCUT2D eigenvalue weighted by molar-refractivity contribution is 5.92. The number of aryl methyl sites for hydroxylation is 1. The van der Waals surface area contributed by atoms with E-state index in [1.165, 1.54) is 0 Å². The topological polar surface area (TPSA) is 47.6 Å². The van der Waals surface area contributed by atoms with Crippen LogP contribution in [-0.4, -0.2) is 19.6 Å². The van der Waals surface area contributed by atoms with Gasteiger partial charge in [-0.05, 0) is 37.1 Å². The molecule has 2 aromatic carbocycles. The molecule has 0 saturated carbocycles. The summed E-state index contributed by atoms with van der Waals surface area (Å²) in [6.45, 7) is 4.48. The molecule has 4 nitrogen and oxygen atoms in total. The molecule has 0 aromatic heterocycles. The van der Waals surface area contributed by atoms with Crippen LogP contribution in [0.2, 0.25) is 0 Å². The third-order valence-electron chi connectivity index (χ3n) is 3.36. The van der Waals surface area contributed by atoms with Crippen molar-refractivity contribution in [2.24, 2.45) is 0 Å². The molecule has 0 unspecified atom stereocenters. The van der Waals surface area contributed by atoms with Gasteiger partial charge in [0, 0.05) is 11.8 Å². The molecule has 0 bridgehead atoms. The largest absolute Gasteiger partial charge is 0.493 e. The fourth-order valence-corrected chi connectivity index (χ4v) is 2.21. The van der Waals surface area contributed by atoms with Gasteiger partial charge < -0.3 is 14.8 Å². The first kappa shape index (κ1) is 15.9. The molecule has 0 heterocycles. The number of anilines is 1. The summed E-state index contributed by atoms with van der Waals surface area (Å²) in [6.07, 6.45) is 0.349. The van der Waals surface area contributed by atoms with Crippen molar-refractivity contribution < 1.29 is 14.3 Å². The molecule has 0 radical (unpaired) electrons. The van der Waals surface area contributed by atoms with Crippen LogP contribution in [0.3, 0.4) is 0 Å². The van der Waals surface area contributed by atoms with Crippen molar-refractivity contribution in [1.29, 1.82) is 0 Å². The molecule has 0 aliphatic rings. The van der Waals surface area contributed by atoms with Gasteiger partial charge in [-0.1, -0.05) is 24.3 Å². The SMILES string of the molecule is CCOc1ccc(NC(=O)Cc2ccccc2C)cc1OC. The zero-order valence-corrected chi connectivity index (χ0v) is 13.2. The fraction of sp³-hybridized carbons (Fsp3) is 0.278. The molecule has 1 amide bonds. The fourth-order valence-electron chi connectivity index (χ4n) is 2.21. The molecule has 1 N–H and O–H groups in total. The summed E-state index contributed by atoms with van der Waals surface area (Å²) in [5.41, 5.74) is 2.83. The summed E-state index contributed by atoms with van der Waals surface area (Å²) >= 11 is 0. The number of methoxy groups -OCH3 is 1. The van der Waals surface area contributed by atoms with Gasteiger partial charge >= 0.3 is 0 Å². The predicted molar refractivity (Wildman–Crippen MR) is 87.7 cm³/mol. The minimum atomic E-state index is -0.0551. The van der Waals surface area contributed by atoms with Crippen molar-refractivity contribution >= 4 is 11.6 Å². The Morgan fingerprint density at radius 2 is 1.91 bits per heavy atom. The molecule has 2 aromatic rings. The van der Waals surface area contributed by atoms with E-state index in [2.05, 4.69) is 5.32 Å². The van der Waals surface area contributed by atoms with Gasteiger partial charge in [-0.3, -0.25) is 4.79 Å². The molecular weight excluding hydrogens is 278 g/mol. The van der Waals surface area contributed by atoms with Crippen LogP contribution in [0.5, 0.6) is 11.5 Å². The maximum absolute atomic E-state index is 12.2. The molecule has 116 valence electrons. The number of carbonyl (C=O) groups is 1. The minimum absolute atomic E-state index is 0.0551. The minimum Gasteiger partial charge on any atom is -0.493 e. The monoisotopic (exact) mass is 299 g/mol. The van der Waals surface area contributed by atoms with E-state index in [-0.39, 0.29) is 5.91 Å². The number of ether oxygens (including phenoxy) is 2.